The minimum absolute atomic E-state index is 0.00817. The van der Waals surface area contributed by atoms with Crippen LogP contribution in [0.3, 0.4) is 0 Å². The van der Waals surface area contributed by atoms with Gasteiger partial charge in [0, 0.05) is 6.04 Å². The van der Waals surface area contributed by atoms with Crippen LogP contribution in [0.2, 0.25) is 0 Å². The first-order valence-electron chi connectivity index (χ1n) is 5.49. The van der Waals surface area contributed by atoms with E-state index in [4.69, 9.17) is 16.6 Å². The van der Waals surface area contributed by atoms with Gasteiger partial charge in [0.25, 0.3) is 0 Å². The highest BCUT2D eigenvalue weighted by Gasteiger charge is 2.26. The number of nitrogens with zero attached hydrogens (tertiary/aromatic N) is 1. The molecule has 0 saturated heterocycles. The minimum Gasteiger partial charge on any atom is -0.323 e. The fraction of sp³-hybridized carbons (Fsp3) is 0.727. The Morgan fingerprint density at radius 3 is 2.44 bits per heavy atom. The second-order valence-corrected chi connectivity index (χ2v) is 4.05. The van der Waals surface area contributed by atoms with Crippen molar-refractivity contribution in [2.75, 3.05) is 14.1 Å². The van der Waals surface area contributed by atoms with Gasteiger partial charge in [0.2, 0.25) is 0 Å². The molecule has 0 bridgehead atoms. The van der Waals surface area contributed by atoms with Gasteiger partial charge in [-0.2, -0.15) is 0 Å². The molecular weight excluding hydrogens is 204 g/mol. The summed E-state index contributed by atoms with van der Waals surface area (Å²) >= 11 is 0. The van der Waals surface area contributed by atoms with Gasteiger partial charge in [-0.15, -0.1) is 0 Å². The number of likely N-dealkylation sites (N-methyl/N-ethyl adjacent to an activating group) is 1. The van der Waals surface area contributed by atoms with Crippen LogP contribution in [0.15, 0.2) is 0 Å². The molecule has 0 fully saturated rings. The first kappa shape index (κ1) is 14.9. The Labute approximate surface area is 97.0 Å². The smallest absolute Gasteiger partial charge is 0.194 e. The van der Waals surface area contributed by atoms with E-state index in [0.717, 1.165) is 0 Å². The molecule has 2 atom stereocenters. The number of hydrogen-bond donors (Lipinski definition) is 3. The summed E-state index contributed by atoms with van der Waals surface area (Å²) in [5.41, 5.74) is 5.67. The van der Waals surface area contributed by atoms with Gasteiger partial charge >= 0.3 is 0 Å². The molecule has 0 aliphatic carbocycles. The molecular formula is C11H22N4O. The van der Waals surface area contributed by atoms with Gasteiger partial charge in [0.1, 0.15) is 0 Å². The second-order valence-electron chi connectivity index (χ2n) is 4.05. The molecule has 4 N–H and O–H groups in total. The van der Waals surface area contributed by atoms with Gasteiger partial charge in [-0.05, 0) is 39.6 Å². The summed E-state index contributed by atoms with van der Waals surface area (Å²) in [6.07, 6.45) is 2.99. The molecule has 0 heterocycles. The fourth-order valence-corrected chi connectivity index (χ4v) is 1.43. The van der Waals surface area contributed by atoms with Crippen LogP contribution >= 0.6 is 0 Å². The predicted molar refractivity (Wildman–Crippen MR) is 66.5 cm³/mol. The zero-order chi connectivity index (χ0) is 12.7. The van der Waals surface area contributed by atoms with Crippen molar-refractivity contribution < 1.29 is 4.79 Å². The van der Waals surface area contributed by atoms with E-state index in [0.29, 0.717) is 19.3 Å². The lowest BCUT2D eigenvalue weighted by Gasteiger charge is -2.24. The summed E-state index contributed by atoms with van der Waals surface area (Å²) in [5.74, 6) is -0.221. The van der Waals surface area contributed by atoms with Gasteiger partial charge in [0.05, 0.1) is 11.8 Å². The van der Waals surface area contributed by atoms with E-state index in [9.17, 15) is 4.79 Å². The Morgan fingerprint density at radius 2 is 2.06 bits per heavy atom. The van der Waals surface area contributed by atoms with Crippen molar-refractivity contribution in [1.82, 2.24) is 4.90 Å². The van der Waals surface area contributed by atoms with Gasteiger partial charge < -0.3 is 11.1 Å². The normalized spacial score (nSPS) is 14.6. The second kappa shape index (κ2) is 7.24. The molecule has 0 amide bonds. The number of hydrogen-bond acceptors (Lipinski definition) is 5. The topological polar surface area (TPSA) is 94.0 Å². The van der Waals surface area contributed by atoms with Gasteiger partial charge in [0.15, 0.2) is 5.78 Å². The van der Waals surface area contributed by atoms with Crippen LogP contribution in [0.5, 0.6) is 0 Å². The molecule has 0 aromatic carbocycles. The highest BCUT2D eigenvalue weighted by Crippen LogP contribution is 2.06. The van der Waals surface area contributed by atoms with Crippen LogP contribution < -0.4 is 5.73 Å². The van der Waals surface area contributed by atoms with Gasteiger partial charge in [-0.1, -0.05) is 6.92 Å². The molecule has 0 aliphatic heterocycles. The summed E-state index contributed by atoms with van der Waals surface area (Å²) in [5, 5.41) is 14.7. The molecule has 0 aromatic heterocycles. The largest absolute Gasteiger partial charge is 0.323 e. The molecule has 0 aliphatic rings. The first-order chi connectivity index (χ1) is 7.45. The number of ketones is 1. The maximum absolute atomic E-state index is 12.0. The van der Waals surface area contributed by atoms with Crippen molar-refractivity contribution in [3.05, 3.63) is 0 Å². The number of carbonyl (C=O) groups excluding carboxylic acids is 1. The Kier molecular flexibility index (Phi) is 6.76. The summed E-state index contributed by atoms with van der Waals surface area (Å²) in [7, 11) is 3.61. The molecule has 16 heavy (non-hydrogen) atoms. The van der Waals surface area contributed by atoms with Crippen LogP contribution in [-0.4, -0.2) is 48.8 Å². The van der Waals surface area contributed by atoms with Crippen LogP contribution in [0.4, 0.5) is 0 Å². The average Bonchev–Trinajstić information content (AvgIpc) is 2.26. The molecule has 5 nitrogen and oxygen atoms in total. The van der Waals surface area contributed by atoms with E-state index in [2.05, 4.69) is 0 Å². The number of nitrogens with one attached hydrogen (secondary N) is 2. The summed E-state index contributed by atoms with van der Waals surface area (Å²) in [6.45, 7) is 1.86. The van der Waals surface area contributed by atoms with Crippen molar-refractivity contribution in [2.45, 2.75) is 38.3 Å². The third-order valence-corrected chi connectivity index (χ3v) is 2.59. The van der Waals surface area contributed by atoms with E-state index in [-0.39, 0.29) is 17.5 Å². The Morgan fingerprint density at radius 1 is 1.50 bits per heavy atom. The molecule has 0 spiro atoms. The lowest BCUT2D eigenvalue weighted by Crippen LogP contribution is -2.45. The molecule has 0 radical (unpaired) electrons. The lowest BCUT2D eigenvalue weighted by molar-refractivity contribution is -0.117. The van der Waals surface area contributed by atoms with Gasteiger partial charge in [-0.3, -0.25) is 15.1 Å². The molecule has 0 aromatic rings. The maximum atomic E-state index is 12.0. The van der Waals surface area contributed by atoms with Crippen molar-refractivity contribution in [1.29, 1.82) is 10.8 Å². The number of rotatable bonds is 8. The number of carbonyl (C=O) groups is 1. The van der Waals surface area contributed by atoms with Crippen LogP contribution in [0.1, 0.15) is 26.2 Å². The fourth-order valence-electron chi connectivity index (χ4n) is 1.43. The summed E-state index contributed by atoms with van der Waals surface area (Å²) in [4.78, 5) is 13.8. The van der Waals surface area contributed by atoms with E-state index < -0.39 is 6.04 Å². The summed E-state index contributed by atoms with van der Waals surface area (Å²) in [6, 6.07) is -0.818. The van der Waals surface area contributed by atoms with E-state index in [1.807, 2.05) is 6.92 Å². The highest BCUT2D eigenvalue weighted by molar-refractivity contribution is 6.42. The number of Topliss-reactive ketones (excluding diaryl/α,β-unsaturated/α-hetero) is 1. The zero-order valence-corrected chi connectivity index (χ0v) is 10.3. The quantitative estimate of drug-likeness (QED) is 0.531. The van der Waals surface area contributed by atoms with Crippen LogP contribution in [-0.2, 0) is 4.79 Å². The predicted octanol–water partition coefficient (Wildman–Crippen LogP) is 0.673. The van der Waals surface area contributed by atoms with Gasteiger partial charge in [-0.25, -0.2) is 0 Å². The minimum atomic E-state index is -0.477. The van der Waals surface area contributed by atoms with Crippen molar-refractivity contribution in [3.63, 3.8) is 0 Å². The molecule has 0 rings (SSSR count). The standard InChI is InChI=1S/C11H22N4O/c1-4-8(13)10(14)11(16)9(15(2)3)6-5-7-12/h7-9,12,14H,4-6,13H2,1-3H3. The molecule has 92 valence electrons. The monoisotopic (exact) mass is 226 g/mol. The number of nitrogens with two attached hydrogens (primary N) is 1. The van der Waals surface area contributed by atoms with E-state index >= 15 is 0 Å². The molecule has 5 heteroatoms. The first-order valence-corrected chi connectivity index (χ1v) is 5.49. The van der Waals surface area contributed by atoms with Crippen LogP contribution in [0, 0.1) is 10.8 Å². The maximum Gasteiger partial charge on any atom is 0.194 e. The van der Waals surface area contributed by atoms with E-state index in [1.54, 1.807) is 19.0 Å². The third kappa shape index (κ3) is 4.20. The van der Waals surface area contributed by atoms with E-state index in [1.165, 1.54) is 6.21 Å². The Balaban J connectivity index is 4.60. The highest BCUT2D eigenvalue weighted by atomic mass is 16.1. The van der Waals surface area contributed by atoms with Crippen LogP contribution in [0.25, 0.3) is 0 Å². The molecule has 2 unspecified atom stereocenters. The van der Waals surface area contributed by atoms with Crippen molar-refractivity contribution in [3.8, 4) is 0 Å². The SMILES string of the molecule is CCC(N)C(=N)C(=O)C(CCC=N)N(C)C. The van der Waals surface area contributed by atoms with Crippen molar-refractivity contribution >= 4 is 17.7 Å². The van der Waals surface area contributed by atoms with Crippen molar-refractivity contribution in [2.24, 2.45) is 5.73 Å². The zero-order valence-electron chi connectivity index (χ0n) is 10.3. The average molecular weight is 226 g/mol. The Hall–Kier alpha value is -1.07. The molecule has 0 saturated carbocycles. The summed E-state index contributed by atoms with van der Waals surface area (Å²) < 4.78 is 0. The lowest BCUT2D eigenvalue weighted by atomic mass is 9.97. The Bertz CT molecular complexity index is 263. The third-order valence-electron chi connectivity index (χ3n) is 2.59.